The van der Waals surface area contributed by atoms with E-state index in [2.05, 4.69) is 0 Å². The molecule has 192 valence electrons. The summed E-state index contributed by atoms with van der Waals surface area (Å²) in [7, 11) is -3.66. The van der Waals surface area contributed by atoms with Gasteiger partial charge in [0.05, 0.1) is 18.1 Å². The van der Waals surface area contributed by atoms with E-state index in [-0.39, 0.29) is 35.9 Å². The molecule has 1 saturated heterocycles. The summed E-state index contributed by atoms with van der Waals surface area (Å²) in [5.74, 6) is -3.77. The molecule has 0 spiro atoms. The molecule has 11 heteroatoms. The minimum Gasteiger partial charge on any atom is -0.379 e. The van der Waals surface area contributed by atoms with E-state index in [1.807, 2.05) is 0 Å². The van der Waals surface area contributed by atoms with Crippen LogP contribution in [-0.4, -0.2) is 56.6 Å². The Morgan fingerprint density at radius 2 is 1.49 bits per heavy atom. The number of nitrogens with two attached hydrogens (primary N) is 2. The number of amides is 1. The van der Waals surface area contributed by atoms with Crippen molar-refractivity contribution < 1.29 is 31.1 Å². The summed E-state index contributed by atoms with van der Waals surface area (Å²) in [6.07, 6.45) is -5.02. The number of sulfonamides is 1. The van der Waals surface area contributed by atoms with Crippen molar-refractivity contribution in [2.24, 2.45) is 17.4 Å². The lowest BCUT2D eigenvalue weighted by molar-refractivity contribution is -0.172. The van der Waals surface area contributed by atoms with Crippen molar-refractivity contribution in [3.63, 3.8) is 0 Å². The maximum absolute atomic E-state index is 14.1. The minimum atomic E-state index is -4.80. The normalized spacial score (nSPS) is 18.3. The van der Waals surface area contributed by atoms with Crippen LogP contribution < -0.4 is 11.5 Å². The summed E-state index contributed by atoms with van der Waals surface area (Å²) in [4.78, 5) is 12.2. The van der Waals surface area contributed by atoms with Gasteiger partial charge in [-0.05, 0) is 41.2 Å². The first kappa shape index (κ1) is 27.1. The SMILES string of the molecule is CC(C)C[C@@](N)(C(N)=O)C(c1ccc(-c2ccc(S(=O)(=O)N3CCOCC3)cc2)cc1)C(F)(F)F. The summed E-state index contributed by atoms with van der Waals surface area (Å²) >= 11 is 0. The first-order valence-corrected chi connectivity index (χ1v) is 12.6. The molecule has 0 aromatic heterocycles. The molecule has 7 nitrogen and oxygen atoms in total. The smallest absolute Gasteiger partial charge is 0.379 e. The molecule has 2 atom stereocenters. The van der Waals surface area contributed by atoms with E-state index in [1.54, 1.807) is 26.0 Å². The Balaban J connectivity index is 1.90. The van der Waals surface area contributed by atoms with Gasteiger partial charge in [0.15, 0.2) is 0 Å². The summed E-state index contributed by atoms with van der Waals surface area (Å²) in [5.41, 5.74) is 10.1. The Kier molecular flexibility index (Phi) is 7.95. The quantitative estimate of drug-likeness (QED) is 0.562. The second-order valence-corrected chi connectivity index (χ2v) is 11.1. The van der Waals surface area contributed by atoms with Gasteiger partial charge in [0.25, 0.3) is 0 Å². The Morgan fingerprint density at radius 3 is 1.91 bits per heavy atom. The third-order valence-electron chi connectivity index (χ3n) is 6.09. The van der Waals surface area contributed by atoms with E-state index in [0.29, 0.717) is 24.3 Å². The fraction of sp³-hybridized carbons (Fsp3) is 0.458. The molecule has 0 saturated carbocycles. The lowest BCUT2D eigenvalue weighted by atomic mass is 9.74. The van der Waals surface area contributed by atoms with Crippen molar-refractivity contribution in [3.05, 3.63) is 54.1 Å². The molecule has 1 unspecified atom stereocenters. The van der Waals surface area contributed by atoms with Gasteiger partial charge in [-0.3, -0.25) is 4.79 Å². The summed E-state index contributed by atoms with van der Waals surface area (Å²) < 4.78 is 74.4. The topological polar surface area (TPSA) is 116 Å². The molecule has 4 N–H and O–H groups in total. The van der Waals surface area contributed by atoms with Gasteiger partial charge in [-0.25, -0.2) is 8.42 Å². The zero-order chi connectivity index (χ0) is 26.0. The molecule has 0 bridgehead atoms. The Morgan fingerprint density at radius 1 is 1.00 bits per heavy atom. The number of carbonyl (C=O) groups excluding carboxylic acids is 1. The number of primary amides is 1. The van der Waals surface area contributed by atoms with Crippen LogP contribution in [-0.2, 0) is 19.6 Å². The second kappa shape index (κ2) is 10.3. The number of halogens is 3. The van der Waals surface area contributed by atoms with E-state index >= 15 is 0 Å². The van der Waals surface area contributed by atoms with Gasteiger partial charge in [0.1, 0.15) is 11.5 Å². The maximum atomic E-state index is 14.1. The summed E-state index contributed by atoms with van der Waals surface area (Å²) in [6.45, 7) is 4.56. The zero-order valence-corrected chi connectivity index (χ0v) is 20.4. The van der Waals surface area contributed by atoms with Crippen molar-refractivity contribution >= 4 is 15.9 Å². The second-order valence-electron chi connectivity index (χ2n) is 9.14. The third kappa shape index (κ3) is 5.85. The number of alkyl halides is 3. The van der Waals surface area contributed by atoms with Gasteiger partial charge in [0, 0.05) is 13.1 Å². The van der Waals surface area contributed by atoms with Crippen LogP contribution in [0.25, 0.3) is 11.1 Å². The van der Waals surface area contributed by atoms with Crippen LogP contribution in [0.3, 0.4) is 0 Å². The monoisotopic (exact) mass is 513 g/mol. The molecule has 2 aromatic rings. The van der Waals surface area contributed by atoms with E-state index in [9.17, 15) is 26.4 Å². The van der Waals surface area contributed by atoms with Crippen molar-refractivity contribution in [1.29, 1.82) is 0 Å². The van der Waals surface area contributed by atoms with Crippen LogP contribution >= 0.6 is 0 Å². The van der Waals surface area contributed by atoms with Crippen LogP contribution in [0.1, 0.15) is 31.7 Å². The molecule has 1 aliphatic heterocycles. The van der Waals surface area contributed by atoms with Crippen LogP contribution in [0.4, 0.5) is 13.2 Å². The predicted octanol–water partition coefficient (Wildman–Crippen LogP) is 3.25. The lowest BCUT2D eigenvalue weighted by Crippen LogP contribution is -2.60. The zero-order valence-electron chi connectivity index (χ0n) is 19.6. The Hall–Kier alpha value is -2.47. The Labute approximate surface area is 203 Å². The molecular weight excluding hydrogens is 483 g/mol. The number of morpholine rings is 1. The number of hydrogen-bond donors (Lipinski definition) is 2. The molecule has 1 fully saturated rings. The lowest BCUT2D eigenvalue weighted by Gasteiger charge is -2.37. The average Bonchev–Trinajstić information content (AvgIpc) is 2.79. The molecule has 1 aliphatic rings. The van der Waals surface area contributed by atoms with Gasteiger partial charge >= 0.3 is 6.18 Å². The van der Waals surface area contributed by atoms with Gasteiger partial charge in [-0.15, -0.1) is 0 Å². The first-order valence-electron chi connectivity index (χ1n) is 11.2. The van der Waals surface area contributed by atoms with Gasteiger partial charge in [0.2, 0.25) is 15.9 Å². The highest BCUT2D eigenvalue weighted by molar-refractivity contribution is 7.89. The van der Waals surface area contributed by atoms with E-state index < -0.39 is 33.6 Å². The number of rotatable bonds is 8. The van der Waals surface area contributed by atoms with Gasteiger partial charge in [-0.1, -0.05) is 50.2 Å². The van der Waals surface area contributed by atoms with Crippen LogP contribution in [0.5, 0.6) is 0 Å². The number of hydrogen-bond acceptors (Lipinski definition) is 5. The van der Waals surface area contributed by atoms with E-state index in [1.165, 1.54) is 40.7 Å². The molecular formula is C24H30F3N3O4S. The van der Waals surface area contributed by atoms with Crippen molar-refractivity contribution in [1.82, 2.24) is 4.31 Å². The van der Waals surface area contributed by atoms with Gasteiger partial charge < -0.3 is 16.2 Å². The van der Waals surface area contributed by atoms with Crippen molar-refractivity contribution in [2.75, 3.05) is 26.3 Å². The standard InChI is InChI=1S/C24H30F3N3O4S/c1-16(2)15-23(29,22(28)31)21(24(25,26)27)19-5-3-17(4-6-19)18-7-9-20(10-8-18)35(32,33)30-11-13-34-14-12-30/h3-10,16,21H,11-15,29H2,1-2H3,(H2,28,31)/t21?,23-/m0/s1. The largest absolute Gasteiger partial charge is 0.398 e. The fourth-order valence-electron chi connectivity index (χ4n) is 4.44. The molecule has 0 radical (unpaired) electrons. The molecule has 1 amide bonds. The van der Waals surface area contributed by atoms with E-state index in [0.717, 1.165) is 0 Å². The molecule has 0 aliphatic carbocycles. The molecule has 2 aromatic carbocycles. The highest BCUT2D eigenvalue weighted by atomic mass is 32.2. The minimum absolute atomic E-state index is 0.125. The maximum Gasteiger partial charge on any atom is 0.398 e. The highest BCUT2D eigenvalue weighted by Gasteiger charge is 2.55. The fourth-order valence-corrected chi connectivity index (χ4v) is 5.85. The summed E-state index contributed by atoms with van der Waals surface area (Å²) in [5, 5.41) is 0. The average molecular weight is 514 g/mol. The van der Waals surface area contributed by atoms with Gasteiger partial charge in [-0.2, -0.15) is 17.5 Å². The van der Waals surface area contributed by atoms with E-state index in [4.69, 9.17) is 16.2 Å². The highest BCUT2D eigenvalue weighted by Crippen LogP contribution is 2.44. The number of carbonyl (C=O) groups is 1. The summed E-state index contributed by atoms with van der Waals surface area (Å²) in [6, 6.07) is 11.6. The Bertz CT molecular complexity index is 1130. The third-order valence-corrected chi connectivity index (χ3v) is 8.00. The van der Waals surface area contributed by atoms with Crippen molar-refractivity contribution in [2.45, 2.75) is 42.8 Å². The first-order chi connectivity index (χ1) is 16.3. The van der Waals surface area contributed by atoms with Crippen molar-refractivity contribution in [3.8, 4) is 11.1 Å². The van der Waals surface area contributed by atoms with Crippen LogP contribution in [0, 0.1) is 5.92 Å². The van der Waals surface area contributed by atoms with Crippen LogP contribution in [0.15, 0.2) is 53.4 Å². The van der Waals surface area contributed by atoms with Crippen LogP contribution in [0.2, 0.25) is 0 Å². The molecule has 1 heterocycles. The molecule has 3 rings (SSSR count). The number of benzene rings is 2. The molecule has 35 heavy (non-hydrogen) atoms. The number of nitrogens with zero attached hydrogens (tertiary/aromatic N) is 1. The predicted molar refractivity (Wildman–Crippen MR) is 126 cm³/mol. The number of ether oxygens (including phenoxy) is 1.